The van der Waals surface area contributed by atoms with Gasteiger partial charge in [0.1, 0.15) is 11.9 Å². The number of benzene rings is 2. The van der Waals surface area contributed by atoms with E-state index in [1.807, 2.05) is 37.3 Å². The predicted molar refractivity (Wildman–Crippen MR) is 106 cm³/mol. The fourth-order valence-electron chi connectivity index (χ4n) is 2.82. The molecule has 0 fully saturated rings. The van der Waals surface area contributed by atoms with E-state index in [-0.39, 0.29) is 23.2 Å². The number of rotatable bonds is 7. The Morgan fingerprint density at radius 2 is 1.85 bits per heavy atom. The van der Waals surface area contributed by atoms with Crippen LogP contribution in [-0.2, 0) is 14.8 Å². The maximum absolute atomic E-state index is 13.5. The van der Waals surface area contributed by atoms with Gasteiger partial charge in [0.25, 0.3) is 0 Å². The van der Waals surface area contributed by atoms with Crippen molar-refractivity contribution in [1.82, 2.24) is 5.32 Å². The average molecular weight is 413 g/mol. The maximum Gasteiger partial charge on any atom is 0.244 e. The fourth-order valence-corrected chi connectivity index (χ4v) is 4.20. The molecular formula is C19H22ClFN2O3S. The number of nitrogens with one attached hydrogen (secondary N) is 1. The molecule has 2 rings (SSSR count). The summed E-state index contributed by atoms with van der Waals surface area (Å²) >= 11 is 5.80. The van der Waals surface area contributed by atoms with Crippen LogP contribution in [0.1, 0.15) is 31.9 Å². The fraction of sp³-hybridized carbons (Fsp3) is 0.316. The molecule has 1 N–H and O–H groups in total. The lowest BCUT2D eigenvalue weighted by Crippen LogP contribution is -2.49. The van der Waals surface area contributed by atoms with Gasteiger partial charge in [-0.2, -0.15) is 0 Å². The second-order valence-corrected chi connectivity index (χ2v) is 8.49. The Balaban J connectivity index is 2.34. The van der Waals surface area contributed by atoms with Gasteiger partial charge in [0.15, 0.2) is 0 Å². The van der Waals surface area contributed by atoms with E-state index in [9.17, 15) is 17.6 Å². The third-order valence-electron chi connectivity index (χ3n) is 4.15. The van der Waals surface area contributed by atoms with E-state index in [1.165, 1.54) is 12.1 Å². The predicted octanol–water partition coefficient (Wildman–Crippen LogP) is 3.90. The summed E-state index contributed by atoms with van der Waals surface area (Å²) in [5, 5.41) is 2.63. The lowest BCUT2D eigenvalue weighted by Gasteiger charge is -2.31. The number of nitrogens with zero attached hydrogens (tertiary/aromatic N) is 1. The van der Waals surface area contributed by atoms with Gasteiger partial charge in [-0.05, 0) is 37.1 Å². The molecule has 1 amide bonds. The summed E-state index contributed by atoms with van der Waals surface area (Å²) in [6.07, 6.45) is 1.23. The quantitative estimate of drug-likeness (QED) is 0.749. The molecule has 0 saturated carbocycles. The van der Waals surface area contributed by atoms with Crippen LogP contribution in [0.2, 0.25) is 5.02 Å². The van der Waals surface area contributed by atoms with Gasteiger partial charge in [-0.15, -0.1) is 0 Å². The normalized spacial score (nSPS) is 13.7. The zero-order valence-corrected chi connectivity index (χ0v) is 16.9. The van der Waals surface area contributed by atoms with Gasteiger partial charge in [0, 0.05) is 0 Å². The Hall–Kier alpha value is -2.12. The number of sulfonamides is 1. The van der Waals surface area contributed by atoms with Crippen LogP contribution in [-0.4, -0.2) is 26.6 Å². The lowest BCUT2D eigenvalue weighted by atomic mass is 10.1. The van der Waals surface area contributed by atoms with Crippen LogP contribution in [0.3, 0.4) is 0 Å². The molecule has 0 aliphatic heterocycles. The number of hydrogen-bond donors (Lipinski definition) is 1. The van der Waals surface area contributed by atoms with Gasteiger partial charge >= 0.3 is 0 Å². The molecule has 2 aromatic carbocycles. The number of amides is 1. The Morgan fingerprint density at radius 3 is 2.37 bits per heavy atom. The molecule has 0 spiro atoms. The molecule has 2 aromatic rings. The summed E-state index contributed by atoms with van der Waals surface area (Å²) < 4.78 is 39.3. The molecule has 0 aliphatic rings. The van der Waals surface area contributed by atoms with Crippen molar-refractivity contribution >= 4 is 33.2 Å². The van der Waals surface area contributed by atoms with Crippen molar-refractivity contribution in [2.45, 2.75) is 32.4 Å². The van der Waals surface area contributed by atoms with Gasteiger partial charge in [-0.3, -0.25) is 9.10 Å². The van der Waals surface area contributed by atoms with E-state index in [0.717, 1.165) is 22.2 Å². The van der Waals surface area contributed by atoms with Crippen LogP contribution in [0.25, 0.3) is 0 Å². The van der Waals surface area contributed by atoms with E-state index in [0.29, 0.717) is 0 Å². The zero-order valence-electron chi connectivity index (χ0n) is 15.3. The van der Waals surface area contributed by atoms with E-state index in [4.69, 9.17) is 11.6 Å². The third kappa shape index (κ3) is 5.20. The molecule has 5 nitrogen and oxygen atoms in total. The molecule has 0 aromatic heterocycles. The first kappa shape index (κ1) is 21.2. The maximum atomic E-state index is 13.5. The van der Waals surface area contributed by atoms with E-state index < -0.39 is 27.8 Å². The van der Waals surface area contributed by atoms with Crippen molar-refractivity contribution in [2.75, 3.05) is 10.6 Å². The minimum absolute atomic E-state index is 0.137. The van der Waals surface area contributed by atoms with Crippen molar-refractivity contribution in [3.63, 3.8) is 0 Å². The third-order valence-corrected chi connectivity index (χ3v) is 5.62. The molecule has 27 heavy (non-hydrogen) atoms. The first-order chi connectivity index (χ1) is 12.6. The van der Waals surface area contributed by atoms with Gasteiger partial charge in [0.2, 0.25) is 15.9 Å². The summed E-state index contributed by atoms with van der Waals surface area (Å²) in [5.74, 6) is -1.11. The molecule has 0 heterocycles. The second-order valence-electron chi connectivity index (χ2n) is 6.22. The van der Waals surface area contributed by atoms with Crippen LogP contribution < -0.4 is 9.62 Å². The summed E-state index contributed by atoms with van der Waals surface area (Å²) in [5.41, 5.74) is 1.04. The van der Waals surface area contributed by atoms with Crippen molar-refractivity contribution in [1.29, 1.82) is 0 Å². The molecular weight excluding hydrogens is 391 g/mol. The molecule has 146 valence electrons. The van der Waals surface area contributed by atoms with Crippen molar-refractivity contribution in [3.8, 4) is 0 Å². The molecule has 0 aliphatic carbocycles. The first-order valence-electron chi connectivity index (χ1n) is 8.45. The highest BCUT2D eigenvalue weighted by molar-refractivity contribution is 7.92. The highest BCUT2D eigenvalue weighted by Gasteiger charge is 2.32. The number of halogens is 2. The molecule has 0 bridgehead atoms. The summed E-state index contributed by atoms with van der Waals surface area (Å²) in [6.45, 7) is 3.53. The van der Waals surface area contributed by atoms with Crippen LogP contribution in [0.15, 0.2) is 48.5 Å². The monoisotopic (exact) mass is 412 g/mol. The topological polar surface area (TPSA) is 66.5 Å². The Morgan fingerprint density at radius 1 is 1.22 bits per heavy atom. The van der Waals surface area contributed by atoms with Crippen molar-refractivity contribution in [3.05, 3.63) is 64.9 Å². The average Bonchev–Trinajstić information content (AvgIpc) is 2.61. The SMILES string of the molecule is CC[C@@H](C(=O)N[C@@H](C)c1ccccc1)N(c1ccc(F)c(Cl)c1)S(C)(=O)=O. The number of hydrogen-bond acceptors (Lipinski definition) is 3. The van der Waals surface area contributed by atoms with Gasteiger partial charge < -0.3 is 5.32 Å². The number of carbonyl (C=O) groups excluding carboxylic acids is 1. The minimum Gasteiger partial charge on any atom is -0.348 e. The van der Waals surface area contributed by atoms with Crippen molar-refractivity contribution < 1.29 is 17.6 Å². The summed E-state index contributed by atoms with van der Waals surface area (Å²) in [7, 11) is -3.81. The molecule has 0 radical (unpaired) electrons. The van der Waals surface area contributed by atoms with E-state index >= 15 is 0 Å². The standard InChI is InChI=1S/C19H22ClFN2O3S/c1-4-18(19(24)22-13(2)14-8-6-5-7-9-14)23(27(3,25)26)15-10-11-17(21)16(20)12-15/h5-13,18H,4H2,1-3H3,(H,22,24)/t13-,18-/m0/s1. The van der Waals surface area contributed by atoms with Crippen LogP contribution in [0.5, 0.6) is 0 Å². The van der Waals surface area contributed by atoms with E-state index in [1.54, 1.807) is 6.92 Å². The van der Waals surface area contributed by atoms with Crippen LogP contribution in [0.4, 0.5) is 10.1 Å². The second kappa shape index (κ2) is 8.71. The van der Waals surface area contributed by atoms with Gasteiger partial charge in [-0.1, -0.05) is 48.9 Å². The summed E-state index contributed by atoms with van der Waals surface area (Å²) in [4.78, 5) is 12.8. The molecule has 8 heteroatoms. The van der Waals surface area contributed by atoms with Gasteiger partial charge in [0.05, 0.1) is 23.0 Å². The van der Waals surface area contributed by atoms with Crippen LogP contribution in [0, 0.1) is 5.82 Å². The Kier molecular flexibility index (Phi) is 6.84. The van der Waals surface area contributed by atoms with Gasteiger partial charge in [-0.25, -0.2) is 12.8 Å². The van der Waals surface area contributed by atoms with Crippen LogP contribution >= 0.6 is 11.6 Å². The minimum atomic E-state index is -3.81. The lowest BCUT2D eigenvalue weighted by molar-refractivity contribution is -0.122. The molecule has 0 saturated heterocycles. The molecule has 2 atom stereocenters. The Labute approximate surface area is 164 Å². The Bertz CT molecular complexity index is 906. The zero-order chi connectivity index (χ0) is 20.2. The van der Waals surface area contributed by atoms with Crippen molar-refractivity contribution in [2.24, 2.45) is 0 Å². The smallest absolute Gasteiger partial charge is 0.244 e. The highest BCUT2D eigenvalue weighted by atomic mass is 35.5. The number of anilines is 1. The van der Waals surface area contributed by atoms with E-state index in [2.05, 4.69) is 5.32 Å². The summed E-state index contributed by atoms with van der Waals surface area (Å²) in [6, 6.07) is 11.6. The molecule has 0 unspecified atom stereocenters. The first-order valence-corrected chi connectivity index (χ1v) is 10.7. The number of carbonyl (C=O) groups is 1. The highest BCUT2D eigenvalue weighted by Crippen LogP contribution is 2.27. The largest absolute Gasteiger partial charge is 0.348 e.